The first-order chi connectivity index (χ1) is 56.0. The molecule has 24 rings (SSSR count). The monoisotopic (exact) mass is 1810 g/mol. The van der Waals surface area contributed by atoms with Gasteiger partial charge >= 0.3 is 0 Å². The third kappa shape index (κ3) is 11.9. The average molecular weight is 1820 g/mol. The molecular formula is C94H67Br5N16. The van der Waals surface area contributed by atoms with E-state index in [1.165, 1.54) is 71.1 Å². The number of nitrogens with two attached hydrogens (primary N) is 4. The third-order valence-electron chi connectivity index (χ3n) is 22.9. The van der Waals surface area contributed by atoms with Gasteiger partial charge in [-0.25, -0.2) is 9.97 Å². The van der Waals surface area contributed by atoms with Crippen molar-refractivity contribution < 1.29 is 0 Å². The number of aliphatic imine (C=N–C) groups is 2. The van der Waals surface area contributed by atoms with E-state index >= 15 is 0 Å². The van der Waals surface area contributed by atoms with Gasteiger partial charge in [-0.15, -0.1) is 0 Å². The molecule has 4 atom stereocenters. The third-order valence-corrected chi connectivity index (χ3v) is 25.4. The second-order valence-corrected chi connectivity index (χ2v) is 34.4. The first-order valence-corrected chi connectivity index (χ1v) is 41.6. The average Bonchev–Trinajstić information content (AvgIpc) is 1.63. The fourth-order valence-electron chi connectivity index (χ4n) is 17.8. The Kier molecular flexibility index (Phi) is 16.9. The van der Waals surface area contributed by atoms with Gasteiger partial charge in [0.15, 0.2) is 0 Å². The zero-order chi connectivity index (χ0) is 77.9. The Balaban J connectivity index is 0.0000000961. The van der Waals surface area contributed by atoms with Crippen molar-refractivity contribution in [3.8, 4) is 45.0 Å². The van der Waals surface area contributed by atoms with E-state index in [1.807, 2.05) is 60.9 Å². The maximum Gasteiger partial charge on any atom is 0.140 e. The summed E-state index contributed by atoms with van der Waals surface area (Å²) in [7, 11) is 0. The molecule has 4 aliphatic rings. The molecule has 0 saturated carbocycles. The van der Waals surface area contributed by atoms with Crippen LogP contribution in [0.2, 0.25) is 0 Å². The first kappa shape index (κ1) is 70.6. The molecule has 16 N–H and O–H groups in total. The number of aromatic amines is 6. The number of nitrogens with zero attached hydrogens (tertiary/aromatic N) is 4. The number of nitrogen functional groups attached to an aromatic ring is 4. The predicted molar refractivity (Wildman–Crippen MR) is 493 cm³/mol. The number of fused-ring (bicyclic) bond motifs is 28. The SMILES string of the molecule is Brc1ccc2c3ccc(Br)cc3c3[nH]c(-c4c[nH]c5ccccc45)nc3c2c1.Cc1[nH]c2ccccc2c1-c1nc2c3cc(Br)ccc3c3ccc(Br)cc3c2[nH]1.Cc1[nH]c2ccccc2c1C1=NC2c3cc(N)ccc3-c3ccc(N)cc3C2N1.Nc1ccc2c(c1)C1N=C(c3c[nH]c4ccc(Br)cc34)NC1c1cc(N)ccc1-2. The highest BCUT2D eigenvalue weighted by atomic mass is 79.9. The van der Waals surface area contributed by atoms with Crippen LogP contribution in [0.25, 0.3) is 154 Å². The van der Waals surface area contributed by atoms with Crippen LogP contribution in [0.3, 0.4) is 0 Å². The minimum atomic E-state index is -0.0464. The molecule has 2 aliphatic carbocycles. The van der Waals surface area contributed by atoms with E-state index in [0.717, 1.165) is 184 Å². The molecule has 0 bridgehead atoms. The molecule has 0 amide bonds. The van der Waals surface area contributed by atoms with Crippen LogP contribution in [0.5, 0.6) is 0 Å². The minimum Gasteiger partial charge on any atom is -0.399 e. The second kappa shape index (κ2) is 27.5. The van der Waals surface area contributed by atoms with Gasteiger partial charge in [-0.1, -0.05) is 183 Å². The molecule has 20 aromatic rings. The number of nitrogens with one attached hydrogen (secondary N) is 8. The van der Waals surface area contributed by atoms with E-state index in [9.17, 15) is 0 Å². The number of amidine groups is 2. The van der Waals surface area contributed by atoms with E-state index in [-0.39, 0.29) is 24.2 Å². The Morgan fingerprint density at radius 3 is 1.19 bits per heavy atom. The molecule has 21 heteroatoms. The molecule has 0 radical (unpaired) electrons. The predicted octanol–water partition coefficient (Wildman–Crippen LogP) is 24.8. The lowest BCUT2D eigenvalue weighted by atomic mass is 9.79. The highest BCUT2D eigenvalue weighted by Crippen LogP contribution is 2.53. The van der Waals surface area contributed by atoms with Crippen molar-refractivity contribution in [3.63, 3.8) is 0 Å². The Hall–Kier alpha value is -12.2. The number of aromatic nitrogens is 8. The first-order valence-electron chi connectivity index (χ1n) is 37.6. The largest absolute Gasteiger partial charge is 0.399 e. The molecule has 14 aromatic carbocycles. The molecule has 0 spiro atoms. The Morgan fingerprint density at radius 2 is 0.670 bits per heavy atom. The minimum absolute atomic E-state index is 0.0231. The summed E-state index contributed by atoms with van der Waals surface area (Å²) in [5.74, 6) is 3.57. The summed E-state index contributed by atoms with van der Waals surface area (Å²) in [6.07, 6.45) is 4.04. The van der Waals surface area contributed by atoms with Crippen LogP contribution in [0, 0.1) is 13.8 Å². The quantitative estimate of drug-likeness (QED) is 0.0593. The van der Waals surface area contributed by atoms with E-state index in [2.05, 4.69) is 322 Å². The van der Waals surface area contributed by atoms with Crippen molar-refractivity contribution in [2.75, 3.05) is 22.9 Å². The lowest BCUT2D eigenvalue weighted by Gasteiger charge is -2.30. The van der Waals surface area contributed by atoms with Crippen LogP contribution in [0.1, 0.15) is 68.9 Å². The maximum atomic E-state index is 6.15. The van der Waals surface area contributed by atoms with Crippen molar-refractivity contribution in [2.45, 2.75) is 38.0 Å². The highest BCUT2D eigenvalue weighted by Gasteiger charge is 2.41. The van der Waals surface area contributed by atoms with Crippen molar-refractivity contribution in [2.24, 2.45) is 9.98 Å². The number of aryl methyl sites for hydroxylation is 2. The van der Waals surface area contributed by atoms with Crippen LogP contribution < -0.4 is 33.6 Å². The molecule has 4 unspecified atom stereocenters. The van der Waals surface area contributed by atoms with Crippen molar-refractivity contribution in [1.82, 2.24) is 50.5 Å². The number of H-pyrrole nitrogens is 6. The van der Waals surface area contributed by atoms with Crippen molar-refractivity contribution in [3.05, 3.63) is 316 Å². The van der Waals surface area contributed by atoms with Gasteiger partial charge in [0, 0.05) is 156 Å². The highest BCUT2D eigenvalue weighted by molar-refractivity contribution is 9.11. The molecule has 0 saturated heterocycles. The Morgan fingerprint density at radius 1 is 0.296 bits per heavy atom. The topological polar surface area (TPSA) is 273 Å². The molecule has 8 heterocycles. The van der Waals surface area contributed by atoms with E-state index < -0.39 is 0 Å². The summed E-state index contributed by atoms with van der Waals surface area (Å²) in [6, 6.07) is 81.3. The van der Waals surface area contributed by atoms with Crippen LogP contribution in [-0.2, 0) is 0 Å². The van der Waals surface area contributed by atoms with Crippen LogP contribution in [-0.4, -0.2) is 51.5 Å². The van der Waals surface area contributed by atoms with Gasteiger partial charge in [0.2, 0.25) is 0 Å². The fraction of sp³-hybridized carbons (Fsp3) is 0.0638. The van der Waals surface area contributed by atoms with Crippen LogP contribution in [0.4, 0.5) is 22.7 Å². The normalized spacial score (nSPS) is 15.6. The molecular weight excluding hydrogens is 1750 g/mol. The summed E-state index contributed by atoms with van der Waals surface area (Å²) in [5, 5.41) is 21.5. The number of hydrogen-bond donors (Lipinski definition) is 12. The zero-order valence-corrected chi connectivity index (χ0v) is 69.4. The smallest absolute Gasteiger partial charge is 0.140 e. The number of hydrogen-bond acceptors (Lipinski definition) is 10. The van der Waals surface area contributed by atoms with Gasteiger partial charge < -0.3 is 63.5 Å². The van der Waals surface area contributed by atoms with E-state index in [1.54, 1.807) is 0 Å². The summed E-state index contributed by atoms with van der Waals surface area (Å²) >= 11 is 18.1. The fourth-order valence-corrected chi connectivity index (χ4v) is 19.7. The number of imidazole rings is 2. The van der Waals surface area contributed by atoms with Gasteiger partial charge in [-0.3, -0.25) is 9.98 Å². The number of rotatable bonds is 4. The molecule has 558 valence electrons. The summed E-state index contributed by atoms with van der Waals surface area (Å²) in [4.78, 5) is 41.3. The molecule has 115 heavy (non-hydrogen) atoms. The number of anilines is 4. The lowest BCUT2D eigenvalue weighted by Crippen LogP contribution is -2.27. The van der Waals surface area contributed by atoms with E-state index in [4.69, 9.17) is 42.9 Å². The van der Waals surface area contributed by atoms with Crippen LogP contribution in [0.15, 0.2) is 281 Å². The van der Waals surface area contributed by atoms with Gasteiger partial charge in [-0.2, -0.15) is 0 Å². The molecule has 0 fully saturated rings. The Labute approximate surface area is 699 Å². The maximum absolute atomic E-state index is 6.15. The Bertz CT molecular complexity index is 7420. The van der Waals surface area contributed by atoms with Gasteiger partial charge in [0.05, 0.1) is 34.2 Å². The summed E-state index contributed by atoms with van der Waals surface area (Å²) in [5.41, 5.74) is 52.1. The van der Waals surface area contributed by atoms with Crippen molar-refractivity contribution >= 4 is 223 Å². The van der Waals surface area contributed by atoms with Gasteiger partial charge in [0.25, 0.3) is 0 Å². The lowest BCUT2D eigenvalue weighted by molar-refractivity contribution is 0.566. The zero-order valence-electron chi connectivity index (χ0n) is 61.5. The summed E-state index contributed by atoms with van der Waals surface area (Å²) < 4.78 is 5.26. The van der Waals surface area contributed by atoms with Crippen molar-refractivity contribution in [1.29, 1.82) is 0 Å². The van der Waals surface area contributed by atoms with Crippen LogP contribution >= 0.6 is 79.6 Å². The van der Waals surface area contributed by atoms with Gasteiger partial charge in [-0.05, 0) is 213 Å². The summed E-state index contributed by atoms with van der Waals surface area (Å²) in [6.45, 7) is 4.20. The van der Waals surface area contributed by atoms with E-state index in [0.29, 0.717) is 0 Å². The molecule has 16 nitrogen and oxygen atoms in total. The molecule has 2 aliphatic heterocycles. The number of halogens is 5. The number of benzene rings is 14. The van der Waals surface area contributed by atoms with Gasteiger partial charge in [0.1, 0.15) is 35.4 Å². The standard InChI is InChI=1S/C24H15Br2N3.C24H21N5.C23H13Br2N3.C23H18BrN5/c2*1-12-21(17-4-2-3-5-20(17)27-12)24-28-22-18-10-13(25)6-8-15(18)16-9-7-14(26)11-19(16)23(22)29-24;24-12-5-7-14-15-8-6-13(25)10-18(15)22-21(17(14)9-12)27-23(28-22)19-11-26-20-4-2-1-3-16(19)20;24-11-1-6-20-16(7-11)19(10-27-20)23-28-21-17-8-12(25)2-4-14(17)15-5-3-13(26)9-18(15)22(21)29-23/h2-11,27H,1H3,(H,28,29);2-11,22-23,27H,25-26H2,1H3,(H,28,29);1-11,26H,(H,27,28);1-10,21-22,27H,25-26H2,(H,28,29). The molecule has 6 aromatic heterocycles. The number of para-hydroxylation sites is 3. The second-order valence-electron chi connectivity index (χ2n) is 29.8.